The maximum atomic E-state index is 9.54. The molecule has 106 valence electrons. The lowest BCUT2D eigenvalue weighted by atomic mass is 9.80. The van der Waals surface area contributed by atoms with Gasteiger partial charge in [0, 0.05) is 14.8 Å². The highest BCUT2D eigenvalue weighted by atomic mass is 32.1. The first-order valence-corrected chi connectivity index (χ1v) is 7.92. The van der Waals surface area contributed by atoms with Crippen LogP contribution in [0.5, 0.6) is 0 Å². The summed E-state index contributed by atoms with van der Waals surface area (Å²) >= 11 is 1.60. The average Bonchev–Trinajstić information content (AvgIpc) is 2.93. The molecule has 0 fully saturated rings. The van der Waals surface area contributed by atoms with Gasteiger partial charge in [0.25, 0.3) is 0 Å². The standard InChI is InChI=1S/C18H13BO2S/c20-19(21)16-8-4-7-14-15-11-13(12-5-2-1-3-6-12)9-10-17(15)22-18(14)16/h1-11,20-21H. The van der Waals surface area contributed by atoms with Crippen molar-refractivity contribution in [3.63, 3.8) is 0 Å². The number of hydrogen-bond acceptors (Lipinski definition) is 3. The molecule has 0 bridgehead atoms. The zero-order chi connectivity index (χ0) is 15.1. The van der Waals surface area contributed by atoms with E-state index in [1.165, 1.54) is 11.1 Å². The molecule has 2 nitrogen and oxygen atoms in total. The first-order chi connectivity index (χ1) is 10.7. The quantitative estimate of drug-likeness (QED) is 0.557. The molecule has 0 saturated heterocycles. The molecule has 0 atom stereocenters. The summed E-state index contributed by atoms with van der Waals surface area (Å²) in [6.07, 6.45) is 0. The van der Waals surface area contributed by atoms with E-state index < -0.39 is 7.12 Å². The van der Waals surface area contributed by atoms with E-state index in [-0.39, 0.29) is 0 Å². The van der Waals surface area contributed by atoms with Crippen LogP contribution in [-0.4, -0.2) is 17.2 Å². The lowest BCUT2D eigenvalue weighted by Gasteiger charge is -2.02. The molecule has 0 aliphatic heterocycles. The molecule has 0 aliphatic carbocycles. The van der Waals surface area contributed by atoms with Crippen molar-refractivity contribution in [2.45, 2.75) is 0 Å². The summed E-state index contributed by atoms with van der Waals surface area (Å²) in [6, 6.07) is 22.3. The molecule has 0 saturated carbocycles. The summed E-state index contributed by atoms with van der Waals surface area (Å²) in [5, 5.41) is 21.3. The van der Waals surface area contributed by atoms with E-state index in [1.54, 1.807) is 17.4 Å². The monoisotopic (exact) mass is 304 g/mol. The van der Waals surface area contributed by atoms with E-state index in [0.29, 0.717) is 5.46 Å². The van der Waals surface area contributed by atoms with Gasteiger partial charge in [-0.05, 0) is 34.1 Å². The third kappa shape index (κ3) is 2.13. The normalized spacial score (nSPS) is 11.2. The van der Waals surface area contributed by atoms with E-state index in [1.807, 2.05) is 30.3 Å². The van der Waals surface area contributed by atoms with Gasteiger partial charge in [-0.2, -0.15) is 0 Å². The van der Waals surface area contributed by atoms with Gasteiger partial charge in [-0.3, -0.25) is 0 Å². The molecule has 0 unspecified atom stereocenters. The highest BCUT2D eigenvalue weighted by Gasteiger charge is 2.17. The third-order valence-corrected chi connectivity index (χ3v) is 5.15. The number of benzene rings is 3. The second kappa shape index (κ2) is 5.25. The largest absolute Gasteiger partial charge is 0.489 e. The van der Waals surface area contributed by atoms with Crippen molar-refractivity contribution < 1.29 is 10.0 Å². The summed E-state index contributed by atoms with van der Waals surface area (Å²) < 4.78 is 2.10. The minimum atomic E-state index is -1.44. The smallest absolute Gasteiger partial charge is 0.423 e. The molecule has 0 amide bonds. The summed E-state index contributed by atoms with van der Waals surface area (Å²) in [6.45, 7) is 0. The van der Waals surface area contributed by atoms with Crippen molar-refractivity contribution >= 4 is 44.1 Å². The second-order valence-electron chi connectivity index (χ2n) is 5.28. The second-order valence-corrected chi connectivity index (χ2v) is 6.33. The summed E-state index contributed by atoms with van der Waals surface area (Å²) in [4.78, 5) is 0. The van der Waals surface area contributed by atoms with E-state index in [2.05, 4.69) is 30.3 Å². The first-order valence-electron chi connectivity index (χ1n) is 7.11. The fraction of sp³-hybridized carbons (Fsp3) is 0. The zero-order valence-corrected chi connectivity index (χ0v) is 12.5. The fourth-order valence-electron chi connectivity index (χ4n) is 2.83. The molecule has 4 heteroatoms. The summed E-state index contributed by atoms with van der Waals surface area (Å²) in [7, 11) is -1.44. The van der Waals surface area contributed by atoms with Gasteiger partial charge in [0.1, 0.15) is 0 Å². The molecule has 4 aromatic rings. The van der Waals surface area contributed by atoms with Gasteiger partial charge in [0.2, 0.25) is 0 Å². The molecular formula is C18H13BO2S. The van der Waals surface area contributed by atoms with E-state index in [4.69, 9.17) is 0 Å². The summed E-state index contributed by atoms with van der Waals surface area (Å²) in [5.74, 6) is 0. The van der Waals surface area contributed by atoms with Crippen LogP contribution in [0, 0.1) is 0 Å². The average molecular weight is 304 g/mol. The molecule has 4 rings (SSSR count). The molecular weight excluding hydrogens is 291 g/mol. The Kier molecular flexibility index (Phi) is 3.23. The Balaban J connectivity index is 2.00. The lowest BCUT2D eigenvalue weighted by molar-refractivity contribution is 0.426. The van der Waals surface area contributed by atoms with E-state index >= 15 is 0 Å². The minimum Gasteiger partial charge on any atom is -0.423 e. The Hall–Kier alpha value is -2.14. The zero-order valence-electron chi connectivity index (χ0n) is 11.7. The van der Waals surface area contributed by atoms with Crippen molar-refractivity contribution in [2.75, 3.05) is 0 Å². The maximum absolute atomic E-state index is 9.54. The van der Waals surface area contributed by atoms with Crippen molar-refractivity contribution in [3.8, 4) is 11.1 Å². The van der Waals surface area contributed by atoms with Crippen LogP contribution in [0.4, 0.5) is 0 Å². The van der Waals surface area contributed by atoms with Crippen LogP contribution >= 0.6 is 11.3 Å². The number of hydrogen-bond donors (Lipinski definition) is 2. The summed E-state index contributed by atoms with van der Waals surface area (Å²) in [5.41, 5.74) is 2.92. The predicted octanol–water partition coefficient (Wildman–Crippen LogP) is 3.40. The van der Waals surface area contributed by atoms with Gasteiger partial charge in [-0.25, -0.2) is 0 Å². The van der Waals surface area contributed by atoms with Crippen molar-refractivity contribution in [1.29, 1.82) is 0 Å². The van der Waals surface area contributed by atoms with Crippen LogP contribution in [0.1, 0.15) is 0 Å². The Morgan fingerprint density at radius 2 is 1.55 bits per heavy atom. The van der Waals surface area contributed by atoms with Crippen molar-refractivity contribution in [3.05, 3.63) is 66.7 Å². The SMILES string of the molecule is OB(O)c1cccc2c1sc1ccc(-c3ccccc3)cc12. The Morgan fingerprint density at radius 1 is 0.727 bits per heavy atom. The Morgan fingerprint density at radius 3 is 2.32 bits per heavy atom. The van der Waals surface area contributed by atoms with Crippen LogP contribution in [0.2, 0.25) is 0 Å². The highest BCUT2D eigenvalue weighted by molar-refractivity contribution is 7.27. The molecule has 1 heterocycles. The molecule has 0 spiro atoms. The number of thiophene rings is 1. The van der Waals surface area contributed by atoms with Gasteiger partial charge in [-0.15, -0.1) is 11.3 Å². The van der Waals surface area contributed by atoms with Gasteiger partial charge in [-0.1, -0.05) is 54.6 Å². The molecule has 22 heavy (non-hydrogen) atoms. The van der Waals surface area contributed by atoms with Crippen LogP contribution in [0.15, 0.2) is 66.7 Å². The van der Waals surface area contributed by atoms with E-state index in [0.717, 1.165) is 20.2 Å². The molecule has 1 aromatic heterocycles. The van der Waals surface area contributed by atoms with Crippen molar-refractivity contribution in [2.24, 2.45) is 0 Å². The predicted molar refractivity (Wildman–Crippen MR) is 94.6 cm³/mol. The lowest BCUT2D eigenvalue weighted by Crippen LogP contribution is -2.29. The maximum Gasteiger partial charge on any atom is 0.489 e. The fourth-order valence-corrected chi connectivity index (χ4v) is 4.05. The Labute approximate surface area is 132 Å². The number of rotatable bonds is 2. The van der Waals surface area contributed by atoms with Gasteiger partial charge < -0.3 is 10.0 Å². The Bertz CT molecular complexity index is 961. The molecule has 0 aliphatic rings. The van der Waals surface area contributed by atoms with Crippen LogP contribution in [0.25, 0.3) is 31.3 Å². The third-order valence-electron chi connectivity index (χ3n) is 3.91. The van der Waals surface area contributed by atoms with Gasteiger partial charge >= 0.3 is 7.12 Å². The van der Waals surface area contributed by atoms with Gasteiger partial charge in [0.05, 0.1) is 0 Å². The van der Waals surface area contributed by atoms with Gasteiger partial charge in [0.15, 0.2) is 0 Å². The first kappa shape index (κ1) is 13.5. The topological polar surface area (TPSA) is 40.5 Å². The van der Waals surface area contributed by atoms with Crippen LogP contribution in [0.3, 0.4) is 0 Å². The molecule has 3 aromatic carbocycles. The van der Waals surface area contributed by atoms with Crippen LogP contribution < -0.4 is 5.46 Å². The van der Waals surface area contributed by atoms with Crippen LogP contribution in [-0.2, 0) is 0 Å². The number of fused-ring (bicyclic) bond motifs is 3. The molecule has 2 N–H and O–H groups in total. The van der Waals surface area contributed by atoms with E-state index in [9.17, 15) is 10.0 Å². The highest BCUT2D eigenvalue weighted by Crippen LogP contribution is 2.35. The van der Waals surface area contributed by atoms with Crippen molar-refractivity contribution in [1.82, 2.24) is 0 Å². The minimum absolute atomic E-state index is 0.569. The molecule has 0 radical (unpaired) electrons.